The van der Waals surface area contributed by atoms with E-state index in [1.807, 2.05) is 92.0 Å². The third-order valence-electron chi connectivity index (χ3n) is 4.61. The molecular weight excluding hydrogens is 296 g/mol. The minimum Gasteiger partial charge on any atom is -0.364 e. The quantitative estimate of drug-likeness (QED) is 0.792. The fourth-order valence-electron chi connectivity index (χ4n) is 3.46. The largest absolute Gasteiger partial charge is 0.364 e. The molecule has 4 rings (SSSR count). The Morgan fingerprint density at radius 2 is 1.38 bits per heavy atom. The van der Waals surface area contributed by atoms with Crippen LogP contribution in [-0.4, -0.2) is 13.0 Å². The molecule has 1 atom stereocenters. The molecule has 0 aromatic heterocycles. The van der Waals surface area contributed by atoms with E-state index in [1.165, 1.54) is 0 Å². The van der Waals surface area contributed by atoms with E-state index in [0.29, 0.717) is 0 Å². The Labute approximate surface area is 141 Å². The van der Waals surface area contributed by atoms with Gasteiger partial charge in [-0.3, -0.25) is 4.79 Å². The summed E-state index contributed by atoms with van der Waals surface area (Å²) in [6.45, 7) is 0. The Bertz CT molecular complexity index is 877. The lowest BCUT2D eigenvalue weighted by atomic mass is 9.83. The first-order valence-electron chi connectivity index (χ1n) is 8.00. The number of carbonyl (C=O) groups excluding carboxylic acids is 1. The van der Waals surface area contributed by atoms with Crippen molar-refractivity contribution in [3.63, 3.8) is 0 Å². The lowest BCUT2D eigenvalue weighted by molar-refractivity contribution is -0.120. The number of amides is 1. The van der Waals surface area contributed by atoms with Crippen molar-refractivity contribution in [2.45, 2.75) is 5.54 Å². The van der Waals surface area contributed by atoms with E-state index < -0.39 is 5.54 Å². The van der Waals surface area contributed by atoms with E-state index in [4.69, 9.17) is 0 Å². The molecule has 1 aliphatic rings. The minimum atomic E-state index is -0.909. The zero-order valence-corrected chi connectivity index (χ0v) is 13.4. The highest BCUT2D eigenvalue weighted by Gasteiger charge is 2.51. The zero-order chi connectivity index (χ0) is 16.6. The van der Waals surface area contributed by atoms with E-state index >= 15 is 0 Å². The number of nitrogens with one attached hydrogen (secondary N) is 1. The summed E-state index contributed by atoms with van der Waals surface area (Å²) < 4.78 is 0. The molecule has 0 aliphatic carbocycles. The average molecular weight is 314 g/mol. The van der Waals surface area contributed by atoms with Crippen LogP contribution in [0.3, 0.4) is 0 Å². The number of rotatable bonds is 3. The molecule has 1 heterocycles. The van der Waals surface area contributed by atoms with Gasteiger partial charge in [0.15, 0.2) is 5.54 Å². The van der Waals surface area contributed by atoms with Crippen LogP contribution in [0.25, 0.3) is 0 Å². The lowest BCUT2D eigenvalue weighted by Crippen LogP contribution is -2.46. The highest BCUT2D eigenvalue weighted by molar-refractivity contribution is 6.11. The van der Waals surface area contributed by atoms with Crippen LogP contribution >= 0.6 is 0 Å². The van der Waals surface area contributed by atoms with E-state index in [-0.39, 0.29) is 5.91 Å². The molecule has 0 saturated carbocycles. The van der Waals surface area contributed by atoms with Gasteiger partial charge in [0.25, 0.3) is 5.91 Å². The van der Waals surface area contributed by atoms with Crippen LogP contribution < -0.4 is 10.2 Å². The molecule has 3 heteroatoms. The Kier molecular flexibility index (Phi) is 3.35. The maximum Gasteiger partial charge on any atom is 0.261 e. The van der Waals surface area contributed by atoms with Gasteiger partial charge in [-0.05, 0) is 23.8 Å². The van der Waals surface area contributed by atoms with Crippen molar-refractivity contribution in [2.24, 2.45) is 0 Å². The van der Waals surface area contributed by atoms with Crippen LogP contribution in [0.15, 0.2) is 84.9 Å². The first-order valence-corrected chi connectivity index (χ1v) is 8.00. The van der Waals surface area contributed by atoms with Crippen LogP contribution in [-0.2, 0) is 10.3 Å². The third kappa shape index (κ3) is 2.02. The first-order chi connectivity index (χ1) is 11.7. The van der Waals surface area contributed by atoms with Crippen LogP contribution in [0.1, 0.15) is 11.1 Å². The van der Waals surface area contributed by atoms with Gasteiger partial charge in [-0.1, -0.05) is 66.7 Å². The summed E-state index contributed by atoms with van der Waals surface area (Å²) in [5, 5.41) is 3.52. The molecule has 3 nitrogen and oxygen atoms in total. The number of fused-ring (bicyclic) bond motifs is 1. The number of nitrogens with zero attached hydrogens (tertiary/aromatic N) is 1. The monoisotopic (exact) mass is 314 g/mol. The summed E-state index contributed by atoms with van der Waals surface area (Å²) in [6, 6.07) is 27.8. The number of hydrogen-bond acceptors (Lipinski definition) is 2. The van der Waals surface area contributed by atoms with Gasteiger partial charge in [-0.25, -0.2) is 0 Å². The van der Waals surface area contributed by atoms with Gasteiger partial charge < -0.3 is 10.2 Å². The van der Waals surface area contributed by atoms with E-state index in [2.05, 4.69) is 5.32 Å². The predicted molar refractivity (Wildman–Crippen MR) is 97.1 cm³/mol. The molecule has 3 aromatic carbocycles. The average Bonchev–Trinajstić information content (AvgIpc) is 2.86. The van der Waals surface area contributed by atoms with Crippen molar-refractivity contribution in [3.8, 4) is 0 Å². The van der Waals surface area contributed by atoms with Crippen molar-refractivity contribution < 1.29 is 4.79 Å². The fourth-order valence-corrected chi connectivity index (χ4v) is 3.46. The molecular formula is C21H18N2O. The smallest absolute Gasteiger partial charge is 0.261 e. The molecule has 1 aliphatic heterocycles. The molecule has 1 N–H and O–H groups in total. The highest BCUT2D eigenvalue weighted by Crippen LogP contribution is 2.45. The van der Waals surface area contributed by atoms with Crippen molar-refractivity contribution >= 4 is 17.3 Å². The summed E-state index contributed by atoms with van der Waals surface area (Å²) in [5.74, 6) is 0.0266. The van der Waals surface area contributed by atoms with Crippen LogP contribution in [0.2, 0.25) is 0 Å². The number of para-hydroxylation sites is 2. The Morgan fingerprint density at radius 1 is 0.792 bits per heavy atom. The maximum absolute atomic E-state index is 13.4. The SMILES string of the molecule is CN1C(=O)C(Nc2ccccc2)(c2ccccc2)c2ccccc21. The molecule has 0 bridgehead atoms. The molecule has 1 amide bonds. The standard InChI is InChI=1S/C21H18N2O/c1-23-19-15-9-8-14-18(19)21(20(23)24,16-10-4-2-5-11-16)22-17-12-6-3-7-13-17/h2-15,22H,1H3. The van der Waals surface area contributed by atoms with Gasteiger partial charge in [0.05, 0.1) is 0 Å². The van der Waals surface area contributed by atoms with Gasteiger partial charge in [0.2, 0.25) is 0 Å². The Morgan fingerprint density at radius 3 is 2.08 bits per heavy atom. The Balaban J connectivity index is 1.97. The predicted octanol–water partition coefficient (Wildman–Crippen LogP) is 4.02. The summed E-state index contributed by atoms with van der Waals surface area (Å²) in [6.07, 6.45) is 0. The van der Waals surface area contributed by atoms with E-state index in [0.717, 1.165) is 22.5 Å². The summed E-state index contributed by atoms with van der Waals surface area (Å²) in [5.41, 5.74) is 2.87. The lowest BCUT2D eigenvalue weighted by Gasteiger charge is -2.31. The summed E-state index contributed by atoms with van der Waals surface area (Å²) >= 11 is 0. The molecule has 0 fully saturated rings. The minimum absolute atomic E-state index is 0.0266. The number of hydrogen-bond donors (Lipinski definition) is 1. The van der Waals surface area contributed by atoms with Gasteiger partial charge >= 0.3 is 0 Å². The second-order valence-electron chi connectivity index (χ2n) is 5.99. The second-order valence-corrected chi connectivity index (χ2v) is 5.99. The first kappa shape index (κ1) is 14.5. The van der Waals surface area contributed by atoms with E-state index in [9.17, 15) is 4.79 Å². The molecule has 3 aromatic rings. The zero-order valence-electron chi connectivity index (χ0n) is 13.4. The number of benzene rings is 3. The van der Waals surface area contributed by atoms with Crippen molar-refractivity contribution in [3.05, 3.63) is 96.1 Å². The molecule has 0 saturated heterocycles. The van der Waals surface area contributed by atoms with Gasteiger partial charge in [-0.2, -0.15) is 0 Å². The van der Waals surface area contributed by atoms with Crippen LogP contribution in [0.4, 0.5) is 11.4 Å². The molecule has 0 radical (unpaired) electrons. The van der Waals surface area contributed by atoms with Gasteiger partial charge in [-0.15, -0.1) is 0 Å². The van der Waals surface area contributed by atoms with Crippen LogP contribution in [0, 0.1) is 0 Å². The fraction of sp³-hybridized carbons (Fsp3) is 0.0952. The molecule has 24 heavy (non-hydrogen) atoms. The number of carbonyl (C=O) groups is 1. The number of anilines is 2. The third-order valence-corrected chi connectivity index (χ3v) is 4.61. The topological polar surface area (TPSA) is 32.3 Å². The second kappa shape index (κ2) is 5.53. The highest BCUT2D eigenvalue weighted by atomic mass is 16.2. The normalized spacial score (nSPS) is 19.2. The number of likely N-dealkylation sites (N-methyl/N-ethyl adjacent to an activating group) is 1. The van der Waals surface area contributed by atoms with Crippen molar-refractivity contribution in [1.82, 2.24) is 0 Å². The summed E-state index contributed by atoms with van der Waals surface area (Å²) in [4.78, 5) is 15.1. The van der Waals surface area contributed by atoms with Gasteiger partial charge in [0.1, 0.15) is 0 Å². The van der Waals surface area contributed by atoms with Crippen molar-refractivity contribution in [1.29, 1.82) is 0 Å². The van der Waals surface area contributed by atoms with Crippen LogP contribution in [0.5, 0.6) is 0 Å². The Hall–Kier alpha value is -3.07. The summed E-state index contributed by atoms with van der Waals surface area (Å²) in [7, 11) is 1.83. The maximum atomic E-state index is 13.4. The molecule has 1 unspecified atom stereocenters. The molecule has 118 valence electrons. The van der Waals surface area contributed by atoms with E-state index in [1.54, 1.807) is 4.90 Å². The molecule has 0 spiro atoms. The van der Waals surface area contributed by atoms with Gasteiger partial charge in [0, 0.05) is 24.0 Å². The van der Waals surface area contributed by atoms with Crippen molar-refractivity contribution in [2.75, 3.05) is 17.3 Å².